The Morgan fingerprint density at radius 3 is 2.45 bits per heavy atom. The van der Waals surface area contributed by atoms with Crippen LogP contribution in [0.15, 0.2) is 30.6 Å². The van der Waals surface area contributed by atoms with Gasteiger partial charge in [-0.2, -0.15) is 0 Å². The van der Waals surface area contributed by atoms with Crippen molar-refractivity contribution in [2.45, 2.75) is 13.8 Å². The van der Waals surface area contributed by atoms with Crippen molar-refractivity contribution in [1.29, 1.82) is 0 Å². The van der Waals surface area contributed by atoms with Crippen LogP contribution in [-0.4, -0.2) is 23.2 Å². The lowest BCUT2D eigenvalue weighted by Crippen LogP contribution is -2.02. The molecule has 0 atom stereocenters. The van der Waals surface area contributed by atoms with Crippen molar-refractivity contribution in [3.63, 3.8) is 0 Å². The molecule has 0 fully saturated rings. The number of nitrogens with one attached hydrogen (secondary N) is 1. The predicted octanol–water partition coefficient (Wildman–Crippen LogP) is 3.62. The number of halogens is 1. The molecule has 0 aliphatic rings. The minimum Gasteiger partial charge on any atom is -0.494 e. The molecule has 0 amide bonds. The highest BCUT2D eigenvalue weighted by Crippen LogP contribution is 2.31. The lowest BCUT2D eigenvalue weighted by Gasteiger charge is -2.13. The third kappa shape index (κ3) is 3.96. The number of rotatable bonds is 6. The number of hydrogen-bond donors (Lipinski definition) is 1. The highest BCUT2D eigenvalue weighted by Gasteiger charge is 2.07. The van der Waals surface area contributed by atoms with Crippen molar-refractivity contribution >= 4 is 34.2 Å². The molecule has 0 aliphatic carbocycles. The quantitative estimate of drug-likeness (QED) is 0.770. The molecule has 0 spiro atoms. The molecule has 0 bridgehead atoms. The van der Waals surface area contributed by atoms with Gasteiger partial charge < -0.3 is 14.8 Å². The smallest absolute Gasteiger partial charge is 0.227 e. The van der Waals surface area contributed by atoms with E-state index >= 15 is 0 Å². The van der Waals surface area contributed by atoms with E-state index < -0.39 is 0 Å². The third-order valence-electron chi connectivity index (χ3n) is 2.43. The maximum Gasteiger partial charge on any atom is 0.227 e. The Kier molecular flexibility index (Phi) is 5.40. The Balaban J connectivity index is 2.26. The van der Waals surface area contributed by atoms with E-state index in [-0.39, 0.29) is 0 Å². The number of ether oxygens (including phenoxy) is 2. The van der Waals surface area contributed by atoms with E-state index in [1.54, 1.807) is 12.4 Å². The zero-order chi connectivity index (χ0) is 14.4. The summed E-state index contributed by atoms with van der Waals surface area (Å²) >= 11 is 2.17. The second kappa shape index (κ2) is 7.28. The fourth-order valence-corrected chi connectivity index (χ4v) is 1.92. The maximum absolute atomic E-state index is 5.59. The molecule has 1 heterocycles. The van der Waals surface area contributed by atoms with Crippen LogP contribution in [0, 0.1) is 3.57 Å². The molecular formula is C14H16IN3O2. The van der Waals surface area contributed by atoms with E-state index in [2.05, 4.69) is 37.9 Å². The van der Waals surface area contributed by atoms with Gasteiger partial charge in [0.15, 0.2) is 0 Å². The SMILES string of the molecule is CCOc1ccc(OCC)c(Nc2ncc(I)cn2)c1. The van der Waals surface area contributed by atoms with Crippen molar-refractivity contribution in [2.75, 3.05) is 18.5 Å². The molecule has 0 saturated carbocycles. The van der Waals surface area contributed by atoms with Crippen molar-refractivity contribution in [2.24, 2.45) is 0 Å². The first-order valence-electron chi connectivity index (χ1n) is 6.37. The maximum atomic E-state index is 5.59. The Morgan fingerprint density at radius 2 is 1.80 bits per heavy atom. The van der Waals surface area contributed by atoms with Crippen LogP contribution >= 0.6 is 22.6 Å². The molecule has 0 radical (unpaired) electrons. The molecule has 5 nitrogen and oxygen atoms in total. The van der Waals surface area contributed by atoms with Crippen LogP contribution in [0.5, 0.6) is 11.5 Å². The number of nitrogens with zero attached hydrogens (tertiary/aromatic N) is 2. The molecule has 2 rings (SSSR count). The Morgan fingerprint density at radius 1 is 1.10 bits per heavy atom. The van der Waals surface area contributed by atoms with E-state index in [4.69, 9.17) is 9.47 Å². The molecular weight excluding hydrogens is 369 g/mol. The molecule has 0 aliphatic heterocycles. The Bertz CT molecular complexity index is 561. The molecule has 20 heavy (non-hydrogen) atoms. The predicted molar refractivity (Wildman–Crippen MR) is 86.8 cm³/mol. The molecule has 0 saturated heterocycles. The summed E-state index contributed by atoms with van der Waals surface area (Å²) in [5, 5.41) is 3.15. The molecule has 2 aromatic rings. The largest absolute Gasteiger partial charge is 0.494 e. The van der Waals surface area contributed by atoms with Gasteiger partial charge in [0, 0.05) is 22.0 Å². The molecule has 1 N–H and O–H groups in total. The van der Waals surface area contributed by atoms with Crippen molar-refractivity contribution in [3.05, 3.63) is 34.2 Å². The highest BCUT2D eigenvalue weighted by molar-refractivity contribution is 14.1. The van der Waals surface area contributed by atoms with E-state index in [1.165, 1.54) is 0 Å². The molecule has 6 heteroatoms. The standard InChI is InChI=1S/C14H16IN3O2/c1-3-19-11-5-6-13(20-4-2)12(7-11)18-14-16-8-10(15)9-17-14/h5-9H,3-4H2,1-2H3,(H,16,17,18). The van der Waals surface area contributed by atoms with E-state index in [0.717, 1.165) is 20.8 Å². The second-order valence-corrected chi connectivity index (χ2v) is 5.12. The van der Waals surface area contributed by atoms with E-state index in [9.17, 15) is 0 Å². The second-order valence-electron chi connectivity index (χ2n) is 3.87. The van der Waals surface area contributed by atoms with Gasteiger partial charge in [-0.3, -0.25) is 0 Å². The first-order chi connectivity index (χ1) is 9.72. The first kappa shape index (κ1) is 14.8. The van der Waals surface area contributed by atoms with Crippen LogP contribution in [0.4, 0.5) is 11.6 Å². The summed E-state index contributed by atoms with van der Waals surface area (Å²) in [6.07, 6.45) is 3.51. The van der Waals surface area contributed by atoms with Crippen molar-refractivity contribution in [3.8, 4) is 11.5 Å². The zero-order valence-corrected chi connectivity index (χ0v) is 13.5. The van der Waals surface area contributed by atoms with Crippen LogP contribution in [-0.2, 0) is 0 Å². The Labute approximate surface area is 131 Å². The van der Waals surface area contributed by atoms with Gasteiger partial charge in [0.1, 0.15) is 11.5 Å². The summed E-state index contributed by atoms with van der Waals surface area (Å²) in [6, 6.07) is 5.65. The minimum atomic E-state index is 0.528. The molecule has 1 aromatic heterocycles. The summed E-state index contributed by atoms with van der Waals surface area (Å²) in [4.78, 5) is 8.45. The lowest BCUT2D eigenvalue weighted by molar-refractivity contribution is 0.332. The van der Waals surface area contributed by atoms with E-state index in [1.807, 2.05) is 32.0 Å². The zero-order valence-electron chi connectivity index (χ0n) is 11.4. The summed E-state index contributed by atoms with van der Waals surface area (Å²) < 4.78 is 12.1. The monoisotopic (exact) mass is 385 g/mol. The summed E-state index contributed by atoms with van der Waals surface area (Å²) in [7, 11) is 0. The van der Waals surface area contributed by atoms with Gasteiger partial charge in [-0.25, -0.2) is 9.97 Å². The van der Waals surface area contributed by atoms with Gasteiger partial charge in [-0.1, -0.05) is 0 Å². The first-order valence-corrected chi connectivity index (χ1v) is 7.45. The van der Waals surface area contributed by atoms with E-state index in [0.29, 0.717) is 19.2 Å². The van der Waals surface area contributed by atoms with Gasteiger partial charge in [-0.05, 0) is 48.6 Å². The molecule has 0 unspecified atom stereocenters. The van der Waals surface area contributed by atoms with Gasteiger partial charge in [0.25, 0.3) is 0 Å². The Hall–Kier alpha value is -1.57. The number of hydrogen-bond acceptors (Lipinski definition) is 5. The van der Waals surface area contributed by atoms with Gasteiger partial charge in [-0.15, -0.1) is 0 Å². The van der Waals surface area contributed by atoms with Crippen LogP contribution < -0.4 is 14.8 Å². The summed E-state index contributed by atoms with van der Waals surface area (Å²) in [5.41, 5.74) is 0.791. The lowest BCUT2D eigenvalue weighted by atomic mass is 10.2. The van der Waals surface area contributed by atoms with Gasteiger partial charge >= 0.3 is 0 Å². The van der Waals surface area contributed by atoms with Crippen LogP contribution in [0.25, 0.3) is 0 Å². The highest BCUT2D eigenvalue weighted by atomic mass is 127. The fraction of sp³-hybridized carbons (Fsp3) is 0.286. The van der Waals surface area contributed by atoms with Crippen molar-refractivity contribution in [1.82, 2.24) is 9.97 Å². The minimum absolute atomic E-state index is 0.528. The average Bonchev–Trinajstić information content (AvgIpc) is 2.45. The fourth-order valence-electron chi connectivity index (χ4n) is 1.64. The normalized spacial score (nSPS) is 10.2. The van der Waals surface area contributed by atoms with Crippen LogP contribution in [0.3, 0.4) is 0 Å². The topological polar surface area (TPSA) is 56.3 Å². The average molecular weight is 385 g/mol. The molecule has 1 aromatic carbocycles. The third-order valence-corrected chi connectivity index (χ3v) is 2.99. The van der Waals surface area contributed by atoms with Crippen LogP contribution in [0.2, 0.25) is 0 Å². The summed E-state index contributed by atoms with van der Waals surface area (Å²) in [6.45, 7) is 5.11. The number of anilines is 2. The number of benzene rings is 1. The summed E-state index contributed by atoms with van der Waals surface area (Å²) in [5.74, 6) is 2.06. The van der Waals surface area contributed by atoms with Gasteiger partial charge in [0.2, 0.25) is 5.95 Å². The van der Waals surface area contributed by atoms with Crippen LogP contribution in [0.1, 0.15) is 13.8 Å². The van der Waals surface area contributed by atoms with Crippen molar-refractivity contribution < 1.29 is 9.47 Å². The number of aromatic nitrogens is 2. The molecule has 106 valence electrons. The van der Waals surface area contributed by atoms with Gasteiger partial charge in [0.05, 0.1) is 18.9 Å².